The number of hydrogen-bond donors (Lipinski definition) is 1. The highest BCUT2D eigenvalue weighted by molar-refractivity contribution is 5.61. The van der Waals surface area contributed by atoms with Gasteiger partial charge in [-0.05, 0) is 5.56 Å². The molecule has 1 N–H and O–H groups in total. The van der Waals surface area contributed by atoms with Crippen LogP contribution in [0.4, 0.5) is 4.39 Å². The van der Waals surface area contributed by atoms with Gasteiger partial charge in [0.15, 0.2) is 0 Å². The first-order chi connectivity index (χ1) is 5.88. The fraction of sp³-hybridized carbons (Fsp3) is 0. The molecular weight excluding hydrogens is 155 g/mol. The molecule has 1 aromatic carbocycles. The van der Waals surface area contributed by atoms with Gasteiger partial charge in [-0.2, -0.15) is 4.39 Å². The Balaban J connectivity index is 2.51. The van der Waals surface area contributed by atoms with Crippen molar-refractivity contribution < 1.29 is 4.39 Å². The Kier molecular flexibility index (Phi) is 1.63. The molecule has 0 fully saturated rings. The van der Waals surface area contributed by atoms with Gasteiger partial charge in [-0.1, -0.05) is 30.3 Å². The Hall–Kier alpha value is -1.64. The molecule has 12 heavy (non-hydrogen) atoms. The minimum Gasteiger partial charge on any atom is -0.273 e. The van der Waals surface area contributed by atoms with Crippen LogP contribution >= 0.6 is 0 Å². The van der Waals surface area contributed by atoms with Crippen molar-refractivity contribution in [3.63, 3.8) is 0 Å². The van der Waals surface area contributed by atoms with Crippen LogP contribution in [0.1, 0.15) is 0 Å². The maximum Gasteiger partial charge on any atom is 0.240 e. The molecule has 59 valence electrons. The lowest BCUT2D eigenvalue weighted by molar-refractivity contribution is 0.582. The number of nitrogens with zero attached hydrogens (tertiary/aromatic N) is 1. The summed E-state index contributed by atoms with van der Waals surface area (Å²) in [5.41, 5.74) is 1.17. The summed E-state index contributed by atoms with van der Waals surface area (Å²) in [6.07, 6.45) is 2.61. The van der Waals surface area contributed by atoms with Crippen LogP contribution in [0, 0.1) is 12.1 Å². The summed E-state index contributed by atoms with van der Waals surface area (Å²) in [5, 5.41) is 5.69. The molecule has 0 saturated heterocycles. The quantitative estimate of drug-likeness (QED) is 0.681. The molecule has 0 aliphatic heterocycles. The maximum absolute atomic E-state index is 12.9. The van der Waals surface area contributed by atoms with E-state index in [-0.39, 0.29) is 0 Å². The Labute approximate surface area is 69.1 Å². The Bertz CT molecular complexity index is 367. The topological polar surface area (TPSA) is 28.7 Å². The fourth-order valence-electron chi connectivity index (χ4n) is 1.04. The van der Waals surface area contributed by atoms with Crippen molar-refractivity contribution in [3.05, 3.63) is 42.5 Å². The molecule has 2 nitrogen and oxygen atoms in total. The highest BCUT2D eigenvalue weighted by Crippen LogP contribution is 2.18. The summed E-state index contributed by atoms with van der Waals surface area (Å²) in [6, 6.07) is 9.18. The maximum atomic E-state index is 12.9. The molecule has 2 rings (SSSR count). The first-order valence-corrected chi connectivity index (χ1v) is 3.55. The van der Waals surface area contributed by atoms with Crippen LogP contribution in [0.15, 0.2) is 30.3 Å². The molecule has 1 heterocycles. The van der Waals surface area contributed by atoms with Gasteiger partial charge in [0.1, 0.15) is 0 Å². The minimum atomic E-state index is -0.513. The Morgan fingerprint density at radius 2 is 2.00 bits per heavy atom. The molecule has 1 radical (unpaired) electrons. The summed E-state index contributed by atoms with van der Waals surface area (Å²) < 4.78 is 12.9. The third-order valence-electron chi connectivity index (χ3n) is 1.60. The molecule has 1 aromatic heterocycles. The molecule has 0 spiro atoms. The molecule has 3 heteroatoms. The van der Waals surface area contributed by atoms with E-state index in [4.69, 9.17) is 0 Å². The smallest absolute Gasteiger partial charge is 0.240 e. The molecule has 0 saturated carbocycles. The van der Waals surface area contributed by atoms with E-state index in [9.17, 15) is 4.39 Å². The van der Waals surface area contributed by atoms with Crippen molar-refractivity contribution in [1.29, 1.82) is 0 Å². The molecule has 0 unspecified atom stereocenters. The molecule has 0 amide bonds. The van der Waals surface area contributed by atoms with Crippen LogP contribution in [0.25, 0.3) is 11.1 Å². The minimum absolute atomic E-state index is 0.385. The van der Waals surface area contributed by atoms with Crippen molar-refractivity contribution in [2.24, 2.45) is 0 Å². The van der Waals surface area contributed by atoms with Gasteiger partial charge >= 0.3 is 0 Å². The van der Waals surface area contributed by atoms with Crippen LogP contribution < -0.4 is 0 Å². The van der Waals surface area contributed by atoms with Crippen LogP contribution in [-0.4, -0.2) is 10.2 Å². The van der Waals surface area contributed by atoms with Gasteiger partial charge in [0, 0.05) is 0 Å². The van der Waals surface area contributed by atoms with E-state index in [0.717, 1.165) is 5.56 Å². The summed E-state index contributed by atoms with van der Waals surface area (Å²) in [4.78, 5) is 0. The van der Waals surface area contributed by atoms with Gasteiger partial charge in [-0.15, -0.1) is 5.10 Å². The average Bonchev–Trinajstić information content (AvgIpc) is 2.53. The van der Waals surface area contributed by atoms with E-state index >= 15 is 0 Å². The lowest BCUT2D eigenvalue weighted by Gasteiger charge is -1.93. The van der Waals surface area contributed by atoms with Crippen LogP contribution in [0.5, 0.6) is 0 Å². The first-order valence-electron chi connectivity index (χ1n) is 3.55. The number of rotatable bonds is 1. The van der Waals surface area contributed by atoms with Gasteiger partial charge in [0.25, 0.3) is 0 Å². The lowest BCUT2D eigenvalue weighted by atomic mass is 10.1. The zero-order chi connectivity index (χ0) is 8.39. The molecule has 0 aliphatic carbocycles. The van der Waals surface area contributed by atoms with E-state index in [1.54, 1.807) is 0 Å². The van der Waals surface area contributed by atoms with Crippen molar-refractivity contribution in [1.82, 2.24) is 10.2 Å². The summed E-state index contributed by atoms with van der Waals surface area (Å²) >= 11 is 0. The van der Waals surface area contributed by atoms with E-state index in [1.165, 1.54) is 0 Å². The Morgan fingerprint density at radius 3 is 2.58 bits per heavy atom. The normalized spacial score (nSPS) is 10.1. The second-order valence-corrected chi connectivity index (χ2v) is 2.38. The fourth-order valence-corrected chi connectivity index (χ4v) is 1.04. The number of H-pyrrole nitrogens is 1. The van der Waals surface area contributed by atoms with Crippen molar-refractivity contribution in [2.75, 3.05) is 0 Å². The standard InChI is InChI=1S/C9H6FN2/c10-9-8(6-11-12-9)7-4-2-1-3-5-7/h1-5H,(H,11,12). The van der Waals surface area contributed by atoms with Crippen LogP contribution in [0.2, 0.25) is 0 Å². The number of halogens is 1. The lowest BCUT2D eigenvalue weighted by Crippen LogP contribution is -1.78. The predicted octanol–water partition coefficient (Wildman–Crippen LogP) is 2.02. The van der Waals surface area contributed by atoms with E-state index in [0.29, 0.717) is 5.56 Å². The molecular formula is C9H6FN2. The van der Waals surface area contributed by atoms with Gasteiger partial charge < -0.3 is 0 Å². The largest absolute Gasteiger partial charge is 0.273 e. The van der Waals surface area contributed by atoms with Gasteiger partial charge in [0.05, 0.1) is 11.8 Å². The SMILES string of the molecule is Fc1n[nH][c]c1-c1ccccc1. The second kappa shape index (κ2) is 2.77. The molecule has 0 atom stereocenters. The zero-order valence-corrected chi connectivity index (χ0v) is 6.21. The van der Waals surface area contributed by atoms with Gasteiger partial charge in [0.2, 0.25) is 5.95 Å². The predicted molar refractivity (Wildman–Crippen MR) is 42.8 cm³/mol. The van der Waals surface area contributed by atoms with Crippen LogP contribution in [0.3, 0.4) is 0 Å². The number of benzene rings is 1. The summed E-state index contributed by atoms with van der Waals surface area (Å²) in [5.74, 6) is -0.513. The van der Waals surface area contributed by atoms with Crippen molar-refractivity contribution in [2.45, 2.75) is 0 Å². The zero-order valence-electron chi connectivity index (χ0n) is 6.21. The van der Waals surface area contributed by atoms with E-state index in [2.05, 4.69) is 16.4 Å². The molecule has 0 bridgehead atoms. The molecule has 0 aliphatic rings. The first kappa shape index (κ1) is 7.03. The average molecular weight is 161 g/mol. The molecule has 2 aromatic rings. The van der Waals surface area contributed by atoms with Gasteiger partial charge in [-0.3, -0.25) is 5.10 Å². The third-order valence-corrected chi connectivity index (χ3v) is 1.60. The highest BCUT2D eigenvalue weighted by atomic mass is 19.1. The van der Waals surface area contributed by atoms with E-state index in [1.807, 2.05) is 30.3 Å². The number of aromatic amines is 1. The second-order valence-electron chi connectivity index (χ2n) is 2.38. The number of nitrogens with one attached hydrogen (secondary N) is 1. The highest BCUT2D eigenvalue weighted by Gasteiger charge is 2.05. The number of aromatic nitrogens is 2. The van der Waals surface area contributed by atoms with E-state index < -0.39 is 5.95 Å². The van der Waals surface area contributed by atoms with Crippen molar-refractivity contribution in [3.8, 4) is 11.1 Å². The van der Waals surface area contributed by atoms with Gasteiger partial charge in [-0.25, -0.2) is 0 Å². The van der Waals surface area contributed by atoms with Crippen molar-refractivity contribution >= 4 is 0 Å². The Morgan fingerprint density at radius 1 is 1.25 bits per heavy atom. The van der Waals surface area contributed by atoms with Crippen LogP contribution in [-0.2, 0) is 0 Å². The monoisotopic (exact) mass is 161 g/mol. The third kappa shape index (κ3) is 1.09. The number of hydrogen-bond acceptors (Lipinski definition) is 1. The summed E-state index contributed by atoms with van der Waals surface area (Å²) in [6.45, 7) is 0. The summed E-state index contributed by atoms with van der Waals surface area (Å²) in [7, 11) is 0.